The topological polar surface area (TPSA) is 52.6 Å². The Morgan fingerprint density at radius 3 is 2.46 bits per heavy atom. The molecular weight excluding hydrogens is 168 g/mol. The fourth-order valence-electron chi connectivity index (χ4n) is 0.993. The summed E-state index contributed by atoms with van der Waals surface area (Å²) in [5.74, 6) is 0.00749. The van der Waals surface area contributed by atoms with Crippen molar-refractivity contribution in [3.8, 4) is 0 Å². The molecule has 0 aromatic carbocycles. The van der Waals surface area contributed by atoms with Crippen molar-refractivity contribution in [2.75, 3.05) is 20.6 Å². The number of hydrogen-bond donors (Lipinski definition) is 2. The van der Waals surface area contributed by atoms with Gasteiger partial charge in [0.15, 0.2) is 0 Å². The van der Waals surface area contributed by atoms with Crippen LogP contribution in [0, 0.1) is 0 Å². The molecule has 0 rings (SSSR count). The molecule has 13 heavy (non-hydrogen) atoms. The summed E-state index contributed by atoms with van der Waals surface area (Å²) in [5, 5.41) is 11.6. The van der Waals surface area contributed by atoms with Gasteiger partial charge in [-0.25, -0.2) is 0 Å². The molecule has 0 aliphatic carbocycles. The van der Waals surface area contributed by atoms with Crippen molar-refractivity contribution in [2.45, 2.75) is 32.4 Å². The first kappa shape index (κ1) is 12.4. The normalized spacial score (nSPS) is 15.5. The maximum Gasteiger partial charge on any atom is 0.236 e. The van der Waals surface area contributed by atoms with Gasteiger partial charge in [0.05, 0.1) is 12.1 Å². The highest BCUT2D eigenvalue weighted by Crippen LogP contribution is 1.99. The van der Waals surface area contributed by atoms with E-state index in [-0.39, 0.29) is 18.1 Å². The zero-order valence-electron chi connectivity index (χ0n) is 8.87. The van der Waals surface area contributed by atoms with Gasteiger partial charge in [-0.2, -0.15) is 0 Å². The van der Waals surface area contributed by atoms with Gasteiger partial charge in [-0.05, 0) is 27.3 Å². The molecule has 0 aliphatic heterocycles. The summed E-state index contributed by atoms with van der Waals surface area (Å²) in [7, 11) is 3.50. The van der Waals surface area contributed by atoms with E-state index < -0.39 is 0 Å². The van der Waals surface area contributed by atoms with Crippen LogP contribution in [0.15, 0.2) is 0 Å². The highest BCUT2D eigenvalue weighted by atomic mass is 16.3. The lowest BCUT2D eigenvalue weighted by Crippen LogP contribution is -2.42. The number of amides is 1. The zero-order chi connectivity index (χ0) is 10.4. The number of aliphatic hydroxyl groups is 1. The molecule has 0 bridgehead atoms. The van der Waals surface area contributed by atoms with Gasteiger partial charge in [-0.1, -0.05) is 0 Å². The van der Waals surface area contributed by atoms with Crippen molar-refractivity contribution < 1.29 is 9.90 Å². The molecule has 1 amide bonds. The van der Waals surface area contributed by atoms with Crippen molar-refractivity contribution in [3.05, 3.63) is 0 Å². The van der Waals surface area contributed by atoms with Crippen molar-refractivity contribution in [3.63, 3.8) is 0 Å². The Kier molecular flexibility index (Phi) is 5.66. The maximum absolute atomic E-state index is 11.2. The summed E-state index contributed by atoms with van der Waals surface area (Å²) in [6.07, 6.45) is 0.386. The number of rotatable bonds is 5. The molecule has 2 unspecified atom stereocenters. The van der Waals surface area contributed by atoms with Gasteiger partial charge in [0.1, 0.15) is 0 Å². The van der Waals surface area contributed by atoms with Gasteiger partial charge < -0.3 is 10.4 Å². The van der Waals surface area contributed by atoms with Crippen LogP contribution in [0.1, 0.15) is 20.3 Å². The highest BCUT2D eigenvalue weighted by molar-refractivity contribution is 5.80. The lowest BCUT2D eigenvalue weighted by Gasteiger charge is -2.23. The van der Waals surface area contributed by atoms with Gasteiger partial charge in [0.25, 0.3) is 0 Å². The van der Waals surface area contributed by atoms with Crippen LogP contribution in [0.2, 0.25) is 0 Å². The third-order valence-electron chi connectivity index (χ3n) is 2.19. The molecule has 2 N–H and O–H groups in total. The molecule has 0 aromatic heterocycles. The van der Waals surface area contributed by atoms with Crippen LogP contribution in [0.3, 0.4) is 0 Å². The summed E-state index contributed by atoms with van der Waals surface area (Å²) >= 11 is 0. The van der Waals surface area contributed by atoms with E-state index in [9.17, 15) is 4.79 Å². The Bertz CT molecular complexity index is 160. The summed E-state index contributed by atoms with van der Waals surface area (Å²) in [6, 6.07) is -0.135. The molecule has 0 saturated heterocycles. The van der Waals surface area contributed by atoms with Crippen molar-refractivity contribution in [1.82, 2.24) is 10.2 Å². The molecule has 0 aromatic rings. The van der Waals surface area contributed by atoms with Gasteiger partial charge in [-0.15, -0.1) is 0 Å². The SMILES string of the molecule is CNC(=O)C(C)N(C)CCC(C)O. The molecule has 0 radical (unpaired) electrons. The van der Waals surface area contributed by atoms with E-state index in [1.54, 1.807) is 14.0 Å². The average Bonchev–Trinajstić information content (AvgIpc) is 2.11. The van der Waals surface area contributed by atoms with Crippen molar-refractivity contribution in [1.29, 1.82) is 0 Å². The van der Waals surface area contributed by atoms with Crippen LogP contribution in [-0.2, 0) is 4.79 Å². The first-order chi connectivity index (χ1) is 5.99. The Morgan fingerprint density at radius 1 is 1.54 bits per heavy atom. The van der Waals surface area contributed by atoms with Crippen LogP contribution in [0.5, 0.6) is 0 Å². The molecule has 78 valence electrons. The van der Waals surface area contributed by atoms with E-state index in [4.69, 9.17) is 5.11 Å². The first-order valence-corrected chi connectivity index (χ1v) is 4.59. The molecule has 0 heterocycles. The summed E-state index contributed by atoms with van der Waals surface area (Å²) in [4.78, 5) is 13.1. The van der Waals surface area contributed by atoms with Gasteiger partial charge >= 0.3 is 0 Å². The number of nitrogens with one attached hydrogen (secondary N) is 1. The predicted octanol–water partition coefficient (Wildman–Crippen LogP) is -0.176. The first-order valence-electron chi connectivity index (χ1n) is 4.59. The molecule has 0 saturated carbocycles. The number of carbonyl (C=O) groups is 1. The minimum atomic E-state index is -0.306. The van der Waals surface area contributed by atoms with Crippen LogP contribution < -0.4 is 5.32 Å². The van der Waals surface area contributed by atoms with Crippen molar-refractivity contribution in [2.24, 2.45) is 0 Å². The van der Waals surface area contributed by atoms with Crippen LogP contribution >= 0.6 is 0 Å². The third-order valence-corrected chi connectivity index (χ3v) is 2.19. The molecule has 0 spiro atoms. The monoisotopic (exact) mass is 188 g/mol. The number of likely N-dealkylation sites (N-methyl/N-ethyl adjacent to an activating group) is 2. The largest absolute Gasteiger partial charge is 0.393 e. The number of carbonyl (C=O) groups excluding carboxylic acids is 1. The highest BCUT2D eigenvalue weighted by Gasteiger charge is 2.16. The summed E-state index contributed by atoms with van der Waals surface area (Å²) < 4.78 is 0. The molecule has 2 atom stereocenters. The number of aliphatic hydroxyl groups excluding tert-OH is 1. The average molecular weight is 188 g/mol. The standard InChI is InChI=1S/C9H20N2O2/c1-7(12)5-6-11(4)8(2)9(13)10-3/h7-8,12H,5-6H2,1-4H3,(H,10,13). The van der Waals surface area contributed by atoms with Gasteiger partial charge in [0.2, 0.25) is 5.91 Å². The van der Waals surface area contributed by atoms with Crippen LogP contribution in [-0.4, -0.2) is 48.7 Å². The second-order valence-corrected chi connectivity index (χ2v) is 3.41. The Morgan fingerprint density at radius 2 is 2.08 bits per heavy atom. The minimum absolute atomic E-state index is 0.00749. The van der Waals surface area contributed by atoms with E-state index >= 15 is 0 Å². The maximum atomic E-state index is 11.2. The van der Waals surface area contributed by atoms with E-state index in [0.717, 1.165) is 6.54 Å². The minimum Gasteiger partial charge on any atom is -0.393 e. The van der Waals surface area contributed by atoms with Gasteiger partial charge in [-0.3, -0.25) is 9.69 Å². The zero-order valence-corrected chi connectivity index (χ0v) is 8.87. The van der Waals surface area contributed by atoms with E-state index in [0.29, 0.717) is 6.42 Å². The lowest BCUT2D eigenvalue weighted by atomic mass is 10.2. The van der Waals surface area contributed by atoms with Gasteiger partial charge in [0, 0.05) is 13.6 Å². The fourth-order valence-corrected chi connectivity index (χ4v) is 0.993. The lowest BCUT2D eigenvalue weighted by molar-refractivity contribution is -0.125. The van der Waals surface area contributed by atoms with Crippen LogP contribution in [0.25, 0.3) is 0 Å². The Labute approximate surface area is 79.9 Å². The molecular formula is C9H20N2O2. The second kappa shape index (κ2) is 5.94. The van der Waals surface area contributed by atoms with E-state index in [1.165, 1.54) is 0 Å². The quantitative estimate of drug-likeness (QED) is 0.629. The second-order valence-electron chi connectivity index (χ2n) is 3.41. The molecule has 4 heteroatoms. The predicted molar refractivity (Wildman–Crippen MR) is 52.5 cm³/mol. The summed E-state index contributed by atoms with van der Waals surface area (Å²) in [5.41, 5.74) is 0. The summed E-state index contributed by atoms with van der Waals surface area (Å²) in [6.45, 7) is 4.32. The molecule has 4 nitrogen and oxygen atoms in total. The fraction of sp³-hybridized carbons (Fsp3) is 0.889. The smallest absolute Gasteiger partial charge is 0.236 e. The van der Waals surface area contributed by atoms with E-state index in [2.05, 4.69) is 5.32 Å². The van der Waals surface area contributed by atoms with Crippen molar-refractivity contribution >= 4 is 5.91 Å². The molecule has 0 aliphatic rings. The Balaban J connectivity index is 3.82. The van der Waals surface area contributed by atoms with E-state index in [1.807, 2.05) is 18.9 Å². The number of hydrogen-bond acceptors (Lipinski definition) is 3. The molecule has 0 fully saturated rings. The number of nitrogens with zero attached hydrogens (tertiary/aromatic N) is 1. The Hall–Kier alpha value is -0.610. The third kappa shape index (κ3) is 4.85. The van der Waals surface area contributed by atoms with Crippen LogP contribution in [0.4, 0.5) is 0 Å².